The molecule has 0 aliphatic heterocycles. The van der Waals surface area contributed by atoms with Crippen molar-refractivity contribution in [2.45, 2.75) is 45.4 Å². The third-order valence-corrected chi connectivity index (χ3v) is 3.78. The highest BCUT2D eigenvalue weighted by Gasteiger charge is 2.25. The molecule has 6 heteroatoms. The molecule has 6 nitrogen and oxygen atoms in total. The molecule has 0 aromatic carbocycles. The molecule has 0 aromatic rings. The van der Waals surface area contributed by atoms with E-state index in [4.69, 9.17) is 10.2 Å². The van der Waals surface area contributed by atoms with Gasteiger partial charge in [0.05, 0.1) is 5.92 Å². The molecular weight excluding hydrogens is 262 g/mol. The van der Waals surface area contributed by atoms with Gasteiger partial charge in [0.1, 0.15) is 6.54 Å². The minimum Gasteiger partial charge on any atom is -0.481 e. The van der Waals surface area contributed by atoms with Crippen molar-refractivity contribution in [2.75, 3.05) is 13.1 Å². The van der Waals surface area contributed by atoms with Crippen molar-refractivity contribution in [1.29, 1.82) is 0 Å². The van der Waals surface area contributed by atoms with E-state index in [9.17, 15) is 14.4 Å². The number of rotatable bonds is 7. The fourth-order valence-corrected chi connectivity index (χ4v) is 2.59. The summed E-state index contributed by atoms with van der Waals surface area (Å²) >= 11 is 0. The van der Waals surface area contributed by atoms with Crippen molar-refractivity contribution >= 4 is 17.8 Å². The molecule has 2 N–H and O–H groups in total. The summed E-state index contributed by atoms with van der Waals surface area (Å²) in [4.78, 5) is 35.0. The fourth-order valence-electron chi connectivity index (χ4n) is 2.59. The molecule has 1 aliphatic rings. The van der Waals surface area contributed by atoms with E-state index in [0.717, 1.165) is 30.6 Å². The minimum absolute atomic E-state index is 0.0484. The van der Waals surface area contributed by atoms with Crippen LogP contribution in [0, 0.1) is 11.8 Å². The Labute approximate surface area is 118 Å². The quantitative estimate of drug-likeness (QED) is 0.740. The van der Waals surface area contributed by atoms with Crippen molar-refractivity contribution < 1.29 is 24.6 Å². The predicted octanol–water partition coefficient (Wildman–Crippen LogP) is 1.59. The third kappa shape index (κ3) is 5.59. The van der Waals surface area contributed by atoms with Gasteiger partial charge in [-0.2, -0.15) is 0 Å². The summed E-state index contributed by atoms with van der Waals surface area (Å²) in [5.41, 5.74) is 0. The largest absolute Gasteiger partial charge is 0.481 e. The molecule has 0 saturated heterocycles. The van der Waals surface area contributed by atoms with Gasteiger partial charge in [0.15, 0.2) is 0 Å². The van der Waals surface area contributed by atoms with Gasteiger partial charge in [-0.05, 0) is 18.8 Å². The van der Waals surface area contributed by atoms with Gasteiger partial charge in [0.2, 0.25) is 5.91 Å². The van der Waals surface area contributed by atoms with Gasteiger partial charge in [-0.3, -0.25) is 14.4 Å². The van der Waals surface area contributed by atoms with E-state index in [0.29, 0.717) is 12.3 Å². The summed E-state index contributed by atoms with van der Waals surface area (Å²) in [6.45, 7) is 1.00. The van der Waals surface area contributed by atoms with Crippen LogP contribution in [0.25, 0.3) is 0 Å². The van der Waals surface area contributed by atoms with E-state index in [1.54, 1.807) is 0 Å². The number of hydrogen-bond donors (Lipinski definition) is 2. The molecule has 0 spiro atoms. The summed E-state index contributed by atoms with van der Waals surface area (Å²) < 4.78 is 0. The molecule has 1 unspecified atom stereocenters. The first-order valence-electron chi connectivity index (χ1n) is 7.12. The molecule has 0 bridgehead atoms. The standard InChI is InChI=1S/C14H23NO5/c1-10(14(19)20)8-15(9-13(17)18)12(16)7-11-5-3-2-4-6-11/h10-11H,2-9H2,1H3,(H,17,18)(H,19,20). The maximum atomic E-state index is 12.2. The normalized spacial score (nSPS) is 17.4. The number of carbonyl (C=O) groups excluding carboxylic acids is 1. The molecular formula is C14H23NO5. The number of hydrogen-bond acceptors (Lipinski definition) is 3. The lowest BCUT2D eigenvalue weighted by Crippen LogP contribution is -2.41. The first kappa shape index (κ1) is 16.5. The number of amides is 1. The Morgan fingerprint density at radius 1 is 1.15 bits per heavy atom. The van der Waals surface area contributed by atoms with Crippen LogP contribution in [0.15, 0.2) is 0 Å². The predicted molar refractivity (Wildman–Crippen MR) is 72.2 cm³/mol. The Balaban J connectivity index is 2.58. The van der Waals surface area contributed by atoms with E-state index >= 15 is 0 Å². The van der Waals surface area contributed by atoms with Gasteiger partial charge in [0.25, 0.3) is 0 Å². The molecule has 0 heterocycles. The summed E-state index contributed by atoms with van der Waals surface area (Å²) in [7, 11) is 0. The number of aliphatic carboxylic acids is 2. The average Bonchev–Trinajstić information content (AvgIpc) is 2.38. The van der Waals surface area contributed by atoms with Gasteiger partial charge >= 0.3 is 11.9 Å². The van der Waals surface area contributed by atoms with Crippen LogP contribution < -0.4 is 0 Å². The van der Waals surface area contributed by atoms with Crippen molar-refractivity contribution in [3.05, 3.63) is 0 Å². The van der Waals surface area contributed by atoms with Gasteiger partial charge in [0, 0.05) is 13.0 Å². The average molecular weight is 285 g/mol. The monoisotopic (exact) mass is 285 g/mol. The number of nitrogens with zero attached hydrogens (tertiary/aromatic N) is 1. The van der Waals surface area contributed by atoms with Crippen LogP contribution in [0.2, 0.25) is 0 Å². The van der Waals surface area contributed by atoms with Crippen LogP contribution in [0.1, 0.15) is 45.4 Å². The second kappa shape index (κ2) is 7.87. The Morgan fingerprint density at radius 2 is 1.75 bits per heavy atom. The van der Waals surface area contributed by atoms with Crippen LogP contribution in [0.4, 0.5) is 0 Å². The minimum atomic E-state index is -1.11. The molecule has 1 atom stereocenters. The highest BCUT2D eigenvalue weighted by Crippen LogP contribution is 2.26. The van der Waals surface area contributed by atoms with E-state index in [-0.39, 0.29) is 12.5 Å². The zero-order valence-corrected chi connectivity index (χ0v) is 11.9. The summed E-state index contributed by atoms with van der Waals surface area (Å²) in [5, 5.41) is 17.7. The van der Waals surface area contributed by atoms with E-state index in [1.807, 2.05) is 0 Å². The first-order valence-corrected chi connectivity index (χ1v) is 7.12. The Hall–Kier alpha value is -1.59. The van der Waals surface area contributed by atoms with Crippen LogP contribution in [-0.2, 0) is 14.4 Å². The van der Waals surface area contributed by atoms with E-state index in [1.165, 1.54) is 13.3 Å². The van der Waals surface area contributed by atoms with Crippen molar-refractivity contribution in [3.63, 3.8) is 0 Å². The van der Waals surface area contributed by atoms with Gasteiger partial charge in [-0.15, -0.1) is 0 Å². The molecule has 0 radical (unpaired) electrons. The first-order chi connectivity index (χ1) is 9.40. The second-order valence-corrected chi connectivity index (χ2v) is 5.62. The second-order valence-electron chi connectivity index (χ2n) is 5.62. The van der Waals surface area contributed by atoms with Crippen molar-refractivity contribution in [1.82, 2.24) is 4.90 Å². The molecule has 0 aromatic heterocycles. The van der Waals surface area contributed by atoms with Crippen LogP contribution in [-0.4, -0.2) is 46.0 Å². The zero-order chi connectivity index (χ0) is 15.1. The van der Waals surface area contributed by atoms with E-state index < -0.39 is 24.4 Å². The molecule has 1 rings (SSSR count). The molecule has 20 heavy (non-hydrogen) atoms. The van der Waals surface area contributed by atoms with Crippen LogP contribution >= 0.6 is 0 Å². The van der Waals surface area contributed by atoms with Crippen molar-refractivity contribution in [3.8, 4) is 0 Å². The maximum absolute atomic E-state index is 12.2. The third-order valence-electron chi connectivity index (χ3n) is 3.78. The number of carbonyl (C=O) groups is 3. The highest BCUT2D eigenvalue weighted by atomic mass is 16.4. The molecule has 1 saturated carbocycles. The highest BCUT2D eigenvalue weighted by molar-refractivity contribution is 5.82. The van der Waals surface area contributed by atoms with Crippen LogP contribution in [0.5, 0.6) is 0 Å². The number of carboxylic acid groups (broad SMARTS) is 2. The van der Waals surface area contributed by atoms with Crippen molar-refractivity contribution in [2.24, 2.45) is 11.8 Å². The maximum Gasteiger partial charge on any atom is 0.323 e. The smallest absolute Gasteiger partial charge is 0.323 e. The Kier molecular flexibility index (Phi) is 6.48. The van der Waals surface area contributed by atoms with Gasteiger partial charge in [-0.25, -0.2) is 0 Å². The molecule has 1 amide bonds. The molecule has 114 valence electrons. The summed E-state index contributed by atoms with van der Waals surface area (Å²) in [6, 6.07) is 0. The number of carboxylic acids is 2. The lowest BCUT2D eigenvalue weighted by Gasteiger charge is -2.27. The summed E-state index contributed by atoms with van der Waals surface area (Å²) in [6.07, 6.45) is 5.76. The molecule has 1 fully saturated rings. The lowest BCUT2D eigenvalue weighted by molar-refractivity contribution is -0.148. The van der Waals surface area contributed by atoms with E-state index in [2.05, 4.69) is 0 Å². The summed E-state index contributed by atoms with van der Waals surface area (Å²) in [5.74, 6) is -2.82. The zero-order valence-electron chi connectivity index (χ0n) is 11.9. The molecule has 1 aliphatic carbocycles. The Bertz CT molecular complexity index is 363. The lowest BCUT2D eigenvalue weighted by atomic mass is 9.86. The topological polar surface area (TPSA) is 94.9 Å². The van der Waals surface area contributed by atoms with Gasteiger partial charge < -0.3 is 15.1 Å². The SMILES string of the molecule is CC(CN(CC(=O)O)C(=O)CC1CCCCC1)C(=O)O. The fraction of sp³-hybridized carbons (Fsp3) is 0.786. The van der Waals surface area contributed by atoms with Gasteiger partial charge in [-0.1, -0.05) is 26.2 Å². The van der Waals surface area contributed by atoms with Crippen LogP contribution in [0.3, 0.4) is 0 Å². The Morgan fingerprint density at radius 3 is 2.25 bits per heavy atom.